The number of hydrogen-bond acceptors (Lipinski definition) is 2. The smallest absolute Gasteiger partial charge is 0.156 e. The Hall–Kier alpha value is -1.73. The van der Waals surface area contributed by atoms with Gasteiger partial charge in [-0.2, -0.15) is 0 Å². The molecule has 0 aliphatic heterocycles. The van der Waals surface area contributed by atoms with Gasteiger partial charge >= 0.3 is 0 Å². The highest BCUT2D eigenvalue weighted by atomic mass is 35.5. The van der Waals surface area contributed by atoms with Crippen LogP contribution in [0.2, 0.25) is 10.0 Å². The minimum absolute atomic E-state index is 0.178. The van der Waals surface area contributed by atoms with Gasteiger partial charge in [-0.1, -0.05) is 47.2 Å². The first-order valence-corrected chi connectivity index (χ1v) is 6.82. The Balaban J connectivity index is 2.17. The lowest BCUT2D eigenvalue weighted by Crippen LogP contribution is -1.98. The van der Waals surface area contributed by atoms with Gasteiger partial charge in [0.2, 0.25) is 0 Å². The maximum Gasteiger partial charge on any atom is 0.156 e. The van der Waals surface area contributed by atoms with Crippen molar-refractivity contribution in [3.8, 4) is 17.6 Å². The van der Waals surface area contributed by atoms with Crippen molar-refractivity contribution in [2.24, 2.45) is 0 Å². The molecule has 2 aromatic rings. The zero-order valence-corrected chi connectivity index (χ0v) is 12.4. The largest absolute Gasteiger partial charge is 0.486 e. The molecule has 1 N–H and O–H groups in total. The van der Waals surface area contributed by atoms with Crippen molar-refractivity contribution < 1.29 is 14.2 Å². The number of aliphatic hydroxyl groups excluding tert-OH is 1. The van der Waals surface area contributed by atoms with E-state index in [1.807, 2.05) is 0 Å². The van der Waals surface area contributed by atoms with Crippen LogP contribution in [0.3, 0.4) is 0 Å². The normalized spacial score (nSPS) is 9.90. The second-order valence-electron chi connectivity index (χ2n) is 4.11. The number of halogens is 3. The number of ether oxygens (including phenoxy) is 1. The first-order valence-electron chi connectivity index (χ1n) is 6.07. The van der Waals surface area contributed by atoms with Gasteiger partial charge in [0.05, 0.1) is 15.6 Å². The molecule has 0 bridgehead atoms. The molecular weight excluding hydrogens is 314 g/mol. The highest BCUT2D eigenvalue weighted by molar-refractivity contribution is 6.37. The van der Waals surface area contributed by atoms with Crippen molar-refractivity contribution in [2.45, 2.75) is 6.61 Å². The average Bonchev–Trinajstić information content (AvgIpc) is 2.47. The van der Waals surface area contributed by atoms with Crippen molar-refractivity contribution in [3.63, 3.8) is 0 Å². The van der Waals surface area contributed by atoms with Crippen LogP contribution in [0.5, 0.6) is 5.75 Å². The van der Waals surface area contributed by atoms with Crippen molar-refractivity contribution in [2.75, 3.05) is 6.61 Å². The molecule has 0 atom stereocenters. The van der Waals surface area contributed by atoms with Crippen LogP contribution in [-0.2, 0) is 6.61 Å². The number of aliphatic hydroxyl groups is 1. The monoisotopic (exact) mass is 324 g/mol. The van der Waals surface area contributed by atoms with Crippen LogP contribution < -0.4 is 4.74 Å². The molecule has 2 aromatic carbocycles. The fourth-order valence-electron chi connectivity index (χ4n) is 1.67. The van der Waals surface area contributed by atoms with Crippen LogP contribution in [0.1, 0.15) is 11.1 Å². The van der Waals surface area contributed by atoms with Gasteiger partial charge in [0.25, 0.3) is 0 Å². The first kappa shape index (κ1) is 15.7. The molecule has 108 valence electrons. The summed E-state index contributed by atoms with van der Waals surface area (Å²) in [5.41, 5.74) is 0.921. The molecule has 0 aromatic heterocycles. The van der Waals surface area contributed by atoms with Gasteiger partial charge in [0, 0.05) is 0 Å². The molecular formula is C16H11Cl2FO2. The van der Waals surface area contributed by atoms with Gasteiger partial charge in [0.15, 0.2) is 5.75 Å². The lowest BCUT2D eigenvalue weighted by molar-refractivity contribution is 0.306. The van der Waals surface area contributed by atoms with Gasteiger partial charge in [-0.25, -0.2) is 4.39 Å². The molecule has 2 nitrogen and oxygen atoms in total. The molecule has 0 unspecified atom stereocenters. The topological polar surface area (TPSA) is 29.5 Å². The standard InChI is InChI=1S/C16H11Cl2FO2/c17-13-4-1-5-14(18)16(13)21-10-11-6-7-15(19)12(9-11)3-2-8-20/h1,4-7,9,20H,8,10H2. The van der Waals surface area contributed by atoms with Gasteiger partial charge in [-0.3, -0.25) is 0 Å². The second kappa shape index (κ2) is 7.33. The minimum Gasteiger partial charge on any atom is -0.486 e. The Morgan fingerprint density at radius 2 is 1.86 bits per heavy atom. The van der Waals surface area contributed by atoms with E-state index in [0.717, 1.165) is 5.56 Å². The Labute approximate surface area is 132 Å². The Kier molecular flexibility index (Phi) is 5.46. The van der Waals surface area contributed by atoms with Crippen LogP contribution in [0.4, 0.5) is 4.39 Å². The molecule has 0 fully saturated rings. The third-order valence-electron chi connectivity index (χ3n) is 2.63. The van der Waals surface area contributed by atoms with Gasteiger partial charge < -0.3 is 9.84 Å². The molecule has 0 heterocycles. The fourth-order valence-corrected chi connectivity index (χ4v) is 2.18. The molecule has 0 spiro atoms. The van der Waals surface area contributed by atoms with E-state index in [-0.39, 0.29) is 18.8 Å². The molecule has 0 saturated heterocycles. The summed E-state index contributed by atoms with van der Waals surface area (Å²) in [4.78, 5) is 0. The van der Waals surface area contributed by atoms with Crippen molar-refractivity contribution in [1.82, 2.24) is 0 Å². The predicted octanol–water partition coefficient (Wildman–Crippen LogP) is 4.06. The molecule has 0 amide bonds. The molecule has 0 saturated carbocycles. The van der Waals surface area contributed by atoms with E-state index in [1.165, 1.54) is 6.07 Å². The zero-order chi connectivity index (χ0) is 15.2. The lowest BCUT2D eigenvalue weighted by Gasteiger charge is -2.10. The molecule has 0 radical (unpaired) electrons. The SMILES string of the molecule is OCC#Cc1cc(COc2c(Cl)cccc2Cl)ccc1F. The lowest BCUT2D eigenvalue weighted by atomic mass is 10.1. The molecule has 2 rings (SSSR count). The summed E-state index contributed by atoms with van der Waals surface area (Å²) >= 11 is 12.0. The van der Waals surface area contributed by atoms with Crippen LogP contribution in [-0.4, -0.2) is 11.7 Å². The van der Waals surface area contributed by atoms with Crippen molar-refractivity contribution in [1.29, 1.82) is 0 Å². The third kappa shape index (κ3) is 4.12. The maximum atomic E-state index is 13.5. The van der Waals surface area contributed by atoms with E-state index in [9.17, 15) is 4.39 Å². The third-order valence-corrected chi connectivity index (χ3v) is 3.23. The van der Waals surface area contributed by atoms with Crippen molar-refractivity contribution >= 4 is 23.2 Å². The van der Waals surface area contributed by atoms with E-state index in [4.69, 9.17) is 33.0 Å². The summed E-state index contributed by atoms with van der Waals surface area (Å²) < 4.78 is 19.1. The molecule has 21 heavy (non-hydrogen) atoms. The zero-order valence-electron chi connectivity index (χ0n) is 10.9. The van der Waals surface area contributed by atoms with E-state index in [0.29, 0.717) is 15.8 Å². The number of para-hydroxylation sites is 1. The summed E-state index contributed by atoms with van der Waals surface area (Å²) in [6.45, 7) is -0.146. The number of hydrogen-bond donors (Lipinski definition) is 1. The fraction of sp³-hybridized carbons (Fsp3) is 0.125. The Bertz CT molecular complexity index is 685. The Morgan fingerprint density at radius 1 is 1.14 bits per heavy atom. The summed E-state index contributed by atoms with van der Waals surface area (Å²) in [6, 6.07) is 9.51. The predicted molar refractivity (Wildman–Crippen MR) is 81.2 cm³/mol. The van der Waals surface area contributed by atoms with Gasteiger partial charge in [-0.15, -0.1) is 0 Å². The highest BCUT2D eigenvalue weighted by Crippen LogP contribution is 2.32. The average molecular weight is 325 g/mol. The summed E-state index contributed by atoms with van der Waals surface area (Å²) in [5, 5.41) is 9.47. The molecule has 0 aliphatic rings. The molecule has 0 aliphatic carbocycles. The van der Waals surface area contributed by atoms with Crippen LogP contribution in [0.15, 0.2) is 36.4 Å². The summed E-state index contributed by atoms with van der Waals surface area (Å²) in [6.07, 6.45) is 0. The maximum absolute atomic E-state index is 13.5. The summed E-state index contributed by atoms with van der Waals surface area (Å²) in [5.74, 6) is 4.88. The number of benzene rings is 2. The first-order chi connectivity index (χ1) is 10.1. The second-order valence-corrected chi connectivity index (χ2v) is 4.93. The quantitative estimate of drug-likeness (QED) is 0.863. The van der Waals surface area contributed by atoms with Crippen molar-refractivity contribution in [3.05, 3.63) is 63.4 Å². The highest BCUT2D eigenvalue weighted by Gasteiger charge is 2.08. The molecule has 5 heteroatoms. The van der Waals surface area contributed by atoms with Gasteiger partial charge in [-0.05, 0) is 29.8 Å². The van der Waals surface area contributed by atoms with E-state index >= 15 is 0 Å². The van der Waals surface area contributed by atoms with Crippen LogP contribution >= 0.6 is 23.2 Å². The van der Waals surface area contributed by atoms with E-state index < -0.39 is 5.82 Å². The Morgan fingerprint density at radius 3 is 2.52 bits per heavy atom. The van der Waals surface area contributed by atoms with E-state index in [1.54, 1.807) is 30.3 Å². The van der Waals surface area contributed by atoms with Crippen LogP contribution in [0, 0.1) is 17.7 Å². The van der Waals surface area contributed by atoms with E-state index in [2.05, 4.69) is 11.8 Å². The van der Waals surface area contributed by atoms with Crippen LogP contribution in [0.25, 0.3) is 0 Å². The van der Waals surface area contributed by atoms with Gasteiger partial charge in [0.1, 0.15) is 19.0 Å². The minimum atomic E-state index is -0.449. The summed E-state index contributed by atoms with van der Waals surface area (Å²) in [7, 11) is 0. The number of rotatable bonds is 3.